The predicted octanol–water partition coefficient (Wildman–Crippen LogP) is 3.06. The molecule has 1 aromatic heterocycles. The highest BCUT2D eigenvalue weighted by Crippen LogP contribution is 2.18. The number of carbonyl (C=O) groups is 1. The second-order valence-corrected chi connectivity index (χ2v) is 6.29. The molecule has 0 saturated carbocycles. The fourth-order valence-electron chi connectivity index (χ4n) is 2.21. The van der Waals surface area contributed by atoms with Gasteiger partial charge in [0, 0.05) is 12.1 Å². The Morgan fingerprint density at radius 3 is 2.64 bits per heavy atom. The zero-order valence-corrected chi connectivity index (χ0v) is 14.2. The molecule has 0 aliphatic carbocycles. The molecule has 0 fully saturated rings. The van der Waals surface area contributed by atoms with Crippen LogP contribution in [0.3, 0.4) is 0 Å². The summed E-state index contributed by atoms with van der Waals surface area (Å²) in [6.07, 6.45) is 0.662. The lowest BCUT2D eigenvalue weighted by Crippen LogP contribution is -2.27. The lowest BCUT2D eigenvalue weighted by molar-refractivity contribution is -0.118. The molecule has 2 aromatic carbocycles. The second-order valence-electron chi connectivity index (χ2n) is 5.35. The van der Waals surface area contributed by atoms with Crippen molar-refractivity contribution in [1.82, 2.24) is 20.5 Å². The first-order chi connectivity index (χ1) is 12.2. The number of nitrogens with one attached hydrogen (secondary N) is 2. The molecule has 1 amide bonds. The first-order valence-corrected chi connectivity index (χ1v) is 8.81. The van der Waals surface area contributed by atoms with Gasteiger partial charge in [-0.25, -0.2) is 9.37 Å². The molecule has 3 rings (SSSR count). The van der Waals surface area contributed by atoms with Gasteiger partial charge in [-0.2, -0.15) is 0 Å². The smallest absolute Gasteiger partial charge is 0.230 e. The highest BCUT2D eigenvalue weighted by Gasteiger charge is 2.08. The van der Waals surface area contributed by atoms with Crippen molar-refractivity contribution in [2.24, 2.45) is 0 Å². The monoisotopic (exact) mass is 356 g/mol. The standard InChI is InChI=1S/C18H17FN4OS/c19-15-8-6-13(7-9-15)10-11-20-16(24)12-25-18-21-17(22-23-18)14-4-2-1-3-5-14/h1-9H,10-12H2,(H,20,24)(H,21,22,23). The van der Waals surface area contributed by atoms with Crippen LogP contribution in [-0.2, 0) is 11.2 Å². The van der Waals surface area contributed by atoms with Gasteiger partial charge in [0.2, 0.25) is 11.1 Å². The van der Waals surface area contributed by atoms with E-state index < -0.39 is 0 Å². The Labute approximate surface area is 149 Å². The molecular weight excluding hydrogens is 339 g/mol. The average Bonchev–Trinajstić information content (AvgIpc) is 3.11. The molecular formula is C18H17FN4OS. The Balaban J connectivity index is 1.42. The quantitative estimate of drug-likeness (QED) is 0.638. The first kappa shape index (κ1) is 17.2. The lowest BCUT2D eigenvalue weighted by atomic mass is 10.1. The van der Waals surface area contributed by atoms with Gasteiger partial charge >= 0.3 is 0 Å². The van der Waals surface area contributed by atoms with Crippen molar-refractivity contribution in [3.05, 3.63) is 66.0 Å². The van der Waals surface area contributed by atoms with E-state index in [1.165, 1.54) is 23.9 Å². The van der Waals surface area contributed by atoms with E-state index in [0.717, 1.165) is 11.1 Å². The average molecular weight is 356 g/mol. The molecule has 25 heavy (non-hydrogen) atoms. The molecule has 0 unspecified atom stereocenters. The van der Waals surface area contributed by atoms with Gasteiger partial charge < -0.3 is 5.32 Å². The third-order valence-corrected chi connectivity index (χ3v) is 4.34. The van der Waals surface area contributed by atoms with Crippen LogP contribution in [0.2, 0.25) is 0 Å². The Morgan fingerprint density at radius 2 is 1.88 bits per heavy atom. The molecule has 0 spiro atoms. The van der Waals surface area contributed by atoms with Crippen LogP contribution in [0.25, 0.3) is 11.4 Å². The number of hydrogen-bond donors (Lipinski definition) is 2. The summed E-state index contributed by atoms with van der Waals surface area (Å²) in [5.74, 6) is 0.582. The molecule has 1 heterocycles. The normalized spacial score (nSPS) is 10.6. The van der Waals surface area contributed by atoms with Crippen molar-refractivity contribution in [2.45, 2.75) is 11.6 Å². The van der Waals surface area contributed by atoms with Crippen molar-refractivity contribution in [2.75, 3.05) is 12.3 Å². The van der Waals surface area contributed by atoms with Crippen LogP contribution in [0.4, 0.5) is 4.39 Å². The Morgan fingerprint density at radius 1 is 1.12 bits per heavy atom. The Bertz CT molecular complexity index is 821. The number of aromatic nitrogens is 3. The second kappa shape index (κ2) is 8.43. The van der Waals surface area contributed by atoms with E-state index in [0.29, 0.717) is 23.9 Å². The molecule has 0 atom stereocenters. The third-order valence-electron chi connectivity index (χ3n) is 3.49. The van der Waals surface area contributed by atoms with Gasteiger partial charge in [-0.1, -0.05) is 54.2 Å². The van der Waals surface area contributed by atoms with E-state index in [2.05, 4.69) is 20.5 Å². The minimum absolute atomic E-state index is 0.0850. The summed E-state index contributed by atoms with van der Waals surface area (Å²) in [5, 5.41) is 10.4. The SMILES string of the molecule is O=C(CSc1n[nH]c(-c2ccccc2)n1)NCCc1ccc(F)cc1. The van der Waals surface area contributed by atoms with Gasteiger partial charge in [-0.3, -0.25) is 9.89 Å². The number of aromatic amines is 1. The van der Waals surface area contributed by atoms with Gasteiger partial charge in [-0.05, 0) is 24.1 Å². The molecule has 0 bridgehead atoms. The van der Waals surface area contributed by atoms with Gasteiger partial charge in [-0.15, -0.1) is 5.10 Å². The number of carbonyl (C=O) groups excluding carboxylic acids is 1. The van der Waals surface area contributed by atoms with Crippen LogP contribution in [0, 0.1) is 5.82 Å². The van der Waals surface area contributed by atoms with Crippen molar-refractivity contribution in [1.29, 1.82) is 0 Å². The van der Waals surface area contributed by atoms with Crippen LogP contribution in [0.5, 0.6) is 0 Å². The largest absolute Gasteiger partial charge is 0.355 e. The number of rotatable bonds is 7. The molecule has 0 radical (unpaired) electrons. The highest BCUT2D eigenvalue weighted by molar-refractivity contribution is 7.99. The fraction of sp³-hybridized carbons (Fsp3) is 0.167. The molecule has 0 aliphatic heterocycles. The number of nitrogens with zero attached hydrogens (tertiary/aromatic N) is 2. The zero-order valence-electron chi connectivity index (χ0n) is 13.4. The van der Waals surface area contributed by atoms with Crippen LogP contribution in [0.1, 0.15) is 5.56 Å². The summed E-state index contributed by atoms with van der Waals surface area (Å²) in [6, 6.07) is 15.9. The summed E-state index contributed by atoms with van der Waals surface area (Å²) in [6.45, 7) is 0.508. The summed E-state index contributed by atoms with van der Waals surface area (Å²) < 4.78 is 12.8. The maximum absolute atomic E-state index is 12.8. The van der Waals surface area contributed by atoms with E-state index in [9.17, 15) is 9.18 Å². The number of benzene rings is 2. The molecule has 2 N–H and O–H groups in total. The minimum Gasteiger partial charge on any atom is -0.355 e. The van der Waals surface area contributed by atoms with Crippen molar-refractivity contribution >= 4 is 17.7 Å². The van der Waals surface area contributed by atoms with Crippen LogP contribution in [-0.4, -0.2) is 33.4 Å². The fourth-order valence-corrected chi connectivity index (χ4v) is 2.84. The van der Waals surface area contributed by atoms with E-state index in [1.807, 2.05) is 30.3 Å². The van der Waals surface area contributed by atoms with Crippen LogP contribution < -0.4 is 5.32 Å². The number of H-pyrrole nitrogens is 1. The van der Waals surface area contributed by atoms with Crippen LogP contribution >= 0.6 is 11.8 Å². The van der Waals surface area contributed by atoms with Gasteiger partial charge in [0.25, 0.3) is 0 Å². The molecule has 7 heteroatoms. The zero-order chi connectivity index (χ0) is 17.5. The topological polar surface area (TPSA) is 70.7 Å². The Kier molecular flexibility index (Phi) is 5.79. The summed E-state index contributed by atoms with van der Waals surface area (Å²) in [7, 11) is 0. The van der Waals surface area contributed by atoms with E-state index in [-0.39, 0.29) is 17.5 Å². The third kappa shape index (κ3) is 5.15. The molecule has 0 saturated heterocycles. The number of halogens is 1. The van der Waals surface area contributed by atoms with Crippen molar-refractivity contribution in [3.8, 4) is 11.4 Å². The van der Waals surface area contributed by atoms with Crippen LogP contribution in [0.15, 0.2) is 59.8 Å². The highest BCUT2D eigenvalue weighted by atomic mass is 32.2. The number of amides is 1. The van der Waals surface area contributed by atoms with Gasteiger partial charge in [0.1, 0.15) is 5.82 Å². The van der Waals surface area contributed by atoms with Gasteiger partial charge in [0.15, 0.2) is 5.82 Å². The Hall–Kier alpha value is -2.67. The molecule has 128 valence electrons. The number of hydrogen-bond acceptors (Lipinski definition) is 4. The van der Waals surface area contributed by atoms with E-state index in [4.69, 9.17) is 0 Å². The molecule has 5 nitrogen and oxygen atoms in total. The summed E-state index contributed by atoms with van der Waals surface area (Å²) >= 11 is 1.28. The minimum atomic E-state index is -0.259. The van der Waals surface area contributed by atoms with E-state index in [1.54, 1.807) is 12.1 Å². The maximum atomic E-state index is 12.8. The van der Waals surface area contributed by atoms with Crippen molar-refractivity contribution < 1.29 is 9.18 Å². The lowest BCUT2D eigenvalue weighted by Gasteiger charge is -2.04. The molecule has 0 aliphatic rings. The summed E-state index contributed by atoms with van der Waals surface area (Å²) in [5.41, 5.74) is 1.93. The summed E-state index contributed by atoms with van der Waals surface area (Å²) in [4.78, 5) is 16.2. The predicted molar refractivity (Wildman–Crippen MR) is 95.7 cm³/mol. The maximum Gasteiger partial charge on any atom is 0.230 e. The first-order valence-electron chi connectivity index (χ1n) is 7.82. The molecule has 3 aromatic rings. The van der Waals surface area contributed by atoms with E-state index >= 15 is 0 Å². The number of thioether (sulfide) groups is 1. The van der Waals surface area contributed by atoms with Crippen molar-refractivity contribution in [3.63, 3.8) is 0 Å². The van der Waals surface area contributed by atoms with Gasteiger partial charge in [0.05, 0.1) is 5.75 Å².